The molecular formula is C18H15ClN2. The minimum Gasteiger partial charge on any atom is -0.353 e. The number of halogens is 1. The van der Waals surface area contributed by atoms with E-state index < -0.39 is 0 Å². The first-order valence-corrected chi connectivity index (χ1v) is 7.29. The van der Waals surface area contributed by atoms with Crippen LogP contribution in [-0.2, 0) is 0 Å². The second-order valence-corrected chi connectivity index (χ2v) is 5.89. The molecule has 0 aliphatic rings. The number of rotatable bonds is 2. The molecule has 0 amide bonds. The van der Waals surface area contributed by atoms with Crippen LogP contribution in [0.2, 0.25) is 5.02 Å². The zero-order chi connectivity index (χ0) is 15.0. The minimum absolute atomic E-state index is 0.496. The Bertz CT molecular complexity index is 836. The average Bonchev–Trinajstić information content (AvgIpc) is 2.85. The van der Waals surface area contributed by atoms with E-state index in [4.69, 9.17) is 11.6 Å². The van der Waals surface area contributed by atoms with Crippen LogP contribution in [0, 0.1) is 11.3 Å². The summed E-state index contributed by atoms with van der Waals surface area (Å²) in [5, 5.41) is 11.0. The molecule has 1 aromatic heterocycles. The highest BCUT2D eigenvalue weighted by Gasteiger charge is 2.13. The molecule has 2 aromatic carbocycles. The number of aromatic amines is 1. The Balaban J connectivity index is 2.18. The van der Waals surface area contributed by atoms with Crippen LogP contribution in [0.4, 0.5) is 0 Å². The Morgan fingerprint density at radius 2 is 1.81 bits per heavy atom. The molecule has 1 N–H and O–H groups in total. The van der Waals surface area contributed by atoms with Gasteiger partial charge in [-0.25, -0.2) is 0 Å². The van der Waals surface area contributed by atoms with E-state index in [0.717, 1.165) is 22.2 Å². The molecule has 0 unspecified atom stereocenters. The molecule has 104 valence electrons. The predicted octanol–water partition coefficient (Wildman–Crippen LogP) is 5.48. The largest absolute Gasteiger partial charge is 0.353 e. The van der Waals surface area contributed by atoms with Gasteiger partial charge in [-0.2, -0.15) is 5.26 Å². The van der Waals surface area contributed by atoms with Crippen molar-refractivity contribution in [3.8, 4) is 17.3 Å². The summed E-state index contributed by atoms with van der Waals surface area (Å²) in [7, 11) is 0. The molecule has 3 heteroatoms. The van der Waals surface area contributed by atoms with Crippen LogP contribution in [0.3, 0.4) is 0 Å². The highest BCUT2D eigenvalue weighted by Crippen LogP contribution is 2.32. The zero-order valence-electron chi connectivity index (χ0n) is 11.9. The first-order valence-electron chi connectivity index (χ1n) is 6.92. The van der Waals surface area contributed by atoms with E-state index in [9.17, 15) is 5.26 Å². The molecule has 3 aromatic rings. The van der Waals surface area contributed by atoms with Crippen molar-refractivity contribution in [2.45, 2.75) is 19.8 Å². The second-order valence-electron chi connectivity index (χ2n) is 5.45. The standard InChI is InChI=1S/C18H15ClN2/c1-11(2)12-3-5-13(6-4-12)18-16(10-20)15-9-14(19)7-8-17(15)21-18/h3-9,11,21H,1-2H3. The summed E-state index contributed by atoms with van der Waals surface area (Å²) in [4.78, 5) is 3.33. The lowest BCUT2D eigenvalue weighted by Gasteiger charge is -2.06. The molecule has 2 nitrogen and oxygen atoms in total. The quantitative estimate of drug-likeness (QED) is 0.667. The molecule has 0 aliphatic heterocycles. The number of benzene rings is 2. The lowest BCUT2D eigenvalue weighted by Crippen LogP contribution is -1.87. The Hall–Kier alpha value is -2.24. The van der Waals surface area contributed by atoms with E-state index in [1.165, 1.54) is 5.56 Å². The molecule has 0 atom stereocenters. The summed E-state index contributed by atoms with van der Waals surface area (Å²) in [6, 6.07) is 16.2. The van der Waals surface area contributed by atoms with Gasteiger partial charge in [0.05, 0.1) is 11.3 Å². The highest BCUT2D eigenvalue weighted by molar-refractivity contribution is 6.31. The van der Waals surface area contributed by atoms with Crippen LogP contribution in [0.5, 0.6) is 0 Å². The van der Waals surface area contributed by atoms with Gasteiger partial charge in [0.1, 0.15) is 6.07 Å². The second kappa shape index (κ2) is 5.27. The van der Waals surface area contributed by atoms with Crippen molar-refractivity contribution in [2.75, 3.05) is 0 Å². The Morgan fingerprint density at radius 1 is 1.10 bits per heavy atom. The summed E-state index contributed by atoms with van der Waals surface area (Å²) in [5.74, 6) is 0.496. The molecule has 0 spiro atoms. The summed E-state index contributed by atoms with van der Waals surface area (Å²) < 4.78 is 0. The molecule has 0 fully saturated rings. The SMILES string of the molecule is CC(C)c1ccc(-c2[nH]c3ccc(Cl)cc3c2C#N)cc1. The number of nitriles is 1. The van der Waals surface area contributed by atoms with E-state index in [2.05, 4.69) is 49.2 Å². The van der Waals surface area contributed by atoms with Gasteiger partial charge in [0.15, 0.2) is 0 Å². The predicted molar refractivity (Wildman–Crippen MR) is 87.5 cm³/mol. The lowest BCUT2D eigenvalue weighted by atomic mass is 9.99. The number of H-pyrrole nitrogens is 1. The van der Waals surface area contributed by atoms with Crippen LogP contribution < -0.4 is 0 Å². The van der Waals surface area contributed by atoms with Crippen molar-refractivity contribution in [1.82, 2.24) is 4.98 Å². The van der Waals surface area contributed by atoms with Crippen LogP contribution in [0.15, 0.2) is 42.5 Å². The first-order chi connectivity index (χ1) is 10.1. The zero-order valence-corrected chi connectivity index (χ0v) is 12.7. The van der Waals surface area contributed by atoms with Crippen molar-refractivity contribution in [2.24, 2.45) is 0 Å². The Kier molecular flexibility index (Phi) is 3.45. The van der Waals surface area contributed by atoms with Gasteiger partial charge in [-0.1, -0.05) is 49.7 Å². The van der Waals surface area contributed by atoms with E-state index in [0.29, 0.717) is 16.5 Å². The van der Waals surface area contributed by atoms with E-state index in [1.54, 1.807) is 0 Å². The summed E-state index contributed by atoms with van der Waals surface area (Å²) in [5.41, 5.74) is 4.73. The number of hydrogen-bond acceptors (Lipinski definition) is 1. The van der Waals surface area contributed by atoms with Crippen LogP contribution in [0.25, 0.3) is 22.2 Å². The van der Waals surface area contributed by atoms with Gasteiger partial charge in [-0.15, -0.1) is 0 Å². The van der Waals surface area contributed by atoms with Gasteiger partial charge in [-0.05, 0) is 35.2 Å². The monoisotopic (exact) mass is 294 g/mol. The molecule has 0 bridgehead atoms. The van der Waals surface area contributed by atoms with Crippen molar-refractivity contribution in [3.05, 3.63) is 58.6 Å². The smallest absolute Gasteiger partial charge is 0.102 e. The molecule has 3 rings (SSSR count). The lowest BCUT2D eigenvalue weighted by molar-refractivity contribution is 0.867. The van der Waals surface area contributed by atoms with Crippen molar-refractivity contribution >= 4 is 22.5 Å². The normalized spacial score (nSPS) is 11.0. The maximum absolute atomic E-state index is 9.49. The maximum Gasteiger partial charge on any atom is 0.102 e. The van der Waals surface area contributed by atoms with Gasteiger partial charge in [0.25, 0.3) is 0 Å². The number of hydrogen-bond donors (Lipinski definition) is 1. The Labute approximate surface area is 129 Å². The third kappa shape index (κ3) is 2.41. The number of nitrogens with zero attached hydrogens (tertiary/aromatic N) is 1. The molecular weight excluding hydrogens is 280 g/mol. The molecule has 0 saturated carbocycles. The van der Waals surface area contributed by atoms with Crippen molar-refractivity contribution < 1.29 is 0 Å². The molecule has 0 radical (unpaired) electrons. The van der Waals surface area contributed by atoms with Gasteiger partial charge < -0.3 is 4.98 Å². The summed E-state index contributed by atoms with van der Waals surface area (Å²) >= 11 is 6.04. The Morgan fingerprint density at radius 3 is 2.43 bits per heavy atom. The van der Waals surface area contributed by atoms with E-state index >= 15 is 0 Å². The van der Waals surface area contributed by atoms with Crippen LogP contribution >= 0.6 is 11.6 Å². The third-order valence-electron chi connectivity index (χ3n) is 3.74. The van der Waals surface area contributed by atoms with Crippen LogP contribution in [-0.4, -0.2) is 4.98 Å². The third-order valence-corrected chi connectivity index (χ3v) is 3.97. The topological polar surface area (TPSA) is 39.6 Å². The maximum atomic E-state index is 9.49. The summed E-state index contributed by atoms with van der Waals surface area (Å²) in [6.07, 6.45) is 0. The fraction of sp³-hybridized carbons (Fsp3) is 0.167. The van der Waals surface area contributed by atoms with Crippen molar-refractivity contribution in [1.29, 1.82) is 5.26 Å². The van der Waals surface area contributed by atoms with Gasteiger partial charge in [-0.3, -0.25) is 0 Å². The van der Waals surface area contributed by atoms with Crippen LogP contribution in [0.1, 0.15) is 30.9 Å². The van der Waals surface area contributed by atoms with E-state index in [1.807, 2.05) is 18.2 Å². The summed E-state index contributed by atoms with van der Waals surface area (Å²) in [6.45, 7) is 4.33. The average molecular weight is 295 g/mol. The fourth-order valence-corrected chi connectivity index (χ4v) is 2.70. The molecule has 0 aliphatic carbocycles. The molecule has 21 heavy (non-hydrogen) atoms. The molecule has 0 saturated heterocycles. The van der Waals surface area contributed by atoms with Gasteiger partial charge >= 0.3 is 0 Å². The van der Waals surface area contributed by atoms with Gasteiger partial charge in [0, 0.05) is 15.9 Å². The number of nitrogens with one attached hydrogen (secondary N) is 1. The number of fused-ring (bicyclic) bond motifs is 1. The van der Waals surface area contributed by atoms with Crippen molar-refractivity contribution in [3.63, 3.8) is 0 Å². The first kappa shape index (κ1) is 13.7. The number of aromatic nitrogens is 1. The minimum atomic E-state index is 0.496. The van der Waals surface area contributed by atoms with Gasteiger partial charge in [0.2, 0.25) is 0 Å². The van der Waals surface area contributed by atoms with E-state index in [-0.39, 0.29) is 0 Å². The fourth-order valence-electron chi connectivity index (χ4n) is 2.53. The molecule has 1 heterocycles. The highest BCUT2D eigenvalue weighted by atomic mass is 35.5.